The van der Waals surface area contributed by atoms with E-state index in [1.54, 1.807) is 0 Å². The molecule has 0 aliphatic heterocycles. The molecule has 7 nitrogen and oxygen atoms in total. The Kier molecular flexibility index (Phi) is 3.51. The van der Waals surface area contributed by atoms with Gasteiger partial charge in [0.15, 0.2) is 5.69 Å². The average Bonchev–Trinajstić information content (AvgIpc) is 2.84. The summed E-state index contributed by atoms with van der Waals surface area (Å²) in [5.74, 6) is -1.00. The number of carboxylic acid groups (broad SMARTS) is 1. The van der Waals surface area contributed by atoms with E-state index in [-0.39, 0.29) is 17.3 Å². The lowest BCUT2D eigenvalue weighted by atomic mass is 10.1. The second kappa shape index (κ2) is 5.12. The normalized spacial score (nSPS) is 10.8. The third kappa shape index (κ3) is 2.51. The van der Waals surface area contributed by atoms with Crippen LogP contribution in [0, 0.1) is 10.1 Å². The molecule has 1 aromatic heterocycles. The van der Waals surface area contributed by atoms with Crippen molar-refractivity contribution >= 4 is 11.7 Å². The lowest BCUT2D eigenvalue weighted by Gasteiger charge is -2.04. The lowest BCUT2D eigenvalue weighted by Crippen LogP contribution is -2.08. The highest BCUT2D eigenvalue weighted by Gasteiger charge is 2.17. The summed E-state index contributed by atoms with van der Waals surface area (Å²) in [6, 6.07) is 7.09. The summed E-state index contributed by atoms with van der Waals surface area (Å²) in [6.07, 6.45) is 0. The molecule has 1 N–H and O–H groups in total. The van der Waals surface area contributed by atoms with E-state index in [2.05, 4.69) is 5.10 Å². The molecule has 2 rings (SSSR count). The van der Waals surface area contributed by atoms with Crippen molar-refractivity contribution in [1.82, 2.24) is 9.78 Å². The fourth-order valence-electron chi connectivity index (χ4n) is 1.75. The van der Waals surface area contributed by atoms with Gasteiger partial charge < -0.3 is 5.11 Å². The lowest BCUT2D eigenvalue weighted by molar-refractivity contribution is -0.384. The highest BCUT2D eigenvalue weighted by molar-refractivity contribution is 5.86. The van der Waals surface area contributed by atoms with Gasteiger partial charge in [0, 0.05) is 12.1 Å². The maximum Gasteiger partial charge on any atom is 0.354 e. The van der Waals surface area contributed by atoms with Crippen molar-refractivity contribution < 1.29 is 14.8 Å². The van der Waals surface area contributed by atoms with Crippen LogP contribution in [0.1, 0.15) is 35.9 Å². The van der Waals surface area contributed by atoms with E-state index in [1.807, 2.05) is 13.8 Å². The molecule has 20 heavy (non-hydrogen) atoms. The number of non-ortho nitro benzene ring substituents is 1. The van der Waals surface area contributed by atoms with E-state index in [0.717, 1.165) is 0 Å². The van der Waals surface area contributed by atoms with Gasteiger partial charge in [-0.15, -0.1) is 0 Å². The monoisotopic (exact) mass is 275 g/mol. The molecule has 0 saturated heterocycles. The number of carboxylic acids is 1. The largest absolute Gasteiger partial charge is 0.477 e. The Hall–Kier alpha value is -2.70. The number of nitro groups is 1. The number of benzene rings is 1. The summed E-state index contributed by atoms with van der Waals surface area (Å²) in [4.78, 5) is 21.3. The summed E-state index contributed by atoms with van der Waals surface area (Å²) in [7, 11) is 0. The van der Waals surface area contributed by atoms with Crippen LogP contribution in [0.3, 0.4) is 0 Å². The van der Waals surface area contributed by atoms with E-state index in [4.69, 9.17) is 0 Å². The van der Waals surface area contributed by atoms with Crippen LogP contribution >= 0.6 is 0 Å². The molecule has 0 atom stereocenters. The van der Waals surface area contributed by atoms with Crippen molar-refractivity contribution in [3.63, 3.8) is 0 Å². The molecule has 0 amide bonds. The maximum absolute atomic E-state index is 11.2. The van der Waals surface area contributed by atoms with Gasteiger partial charge in [0.25, 0.3) is 5.69 Å². The summed E-state index contributed by atoms with van der Waals surface area (Å²) in [6.45, 7) is 3.82. The summed E-state index contributed by atoms with van der Waals surface area (Å²) >= 11 is 0. The molecule has 0 aliphatic carbocycles. The van der Waals surface area contributed by atoms with E-state index in [0.29, 0.717) is 11.4 Å². The minimum Gasteiger partial charge on any atom is -0.477 e. The van der Waals surface area contributed by atoms with Gasteiger partial charge in [-0.3, -0.25) is 10.1 Å². The SMILES string of the molecule is CC(C)c1cc(C(=O)O)n(-c2ccc([N+](=O)[O-])cc2)n1. The second-order valence-electron chi connectivity index (χ2n) is 4.60. The fourth-order valence-corrected chi connectivity index (χ4v) is 1.75. The number of hydrogen-bond acceptors (Lipinski definition) is 4. The predicted molar refractivity (Wildman–Crippen MR) is 71.3 cm³/mol. The van der Waals surface area contributed by atoms with Crippen molar-refractivity contribution in [3.05, 3.63) is 51.8 Å². The second-order valence-corrected chi connectivity index (χ2v) is 4.60. The molecule has 0 fully saturated rings. The number of nitro benzene ring substituents is 1. The van der Waals surface area contributed by atoms with Crippen LogP contribution in [-0.2, 0) is 0 Å². The molecule has 0 saturated carbocycles. The first kappa shape index (κ1) is 13.7. The number of carbonyl (C=O) groups is 1. The molecular formula is C13H13N3O4. The number of aromatic carboxylic acids is 1. The molecule has 0 aliphatic rings. The van der Waals surface area contributed by atoms with Gasteiger partial charge in [-0.05, 0) is 24.1 Å². The van der Waals surface area contributed by atoms with E-state index in [1.165, 1.54) is 35.0 Å². The van der Waals surface area contributed by atoms with Crippen LogP contribution in [0.15, 0.2) is 30.3 Å². The summed E-state index contributed by atoms with van der Waals surface area (Å²) in [5, 5.41) is 24.0. The number of rotatable bonds is 4. The highest BCUT2D eigenvalue weighted by Crippen LogP contribution is 2.20. The van der Waals surface area contributed by atoms with Gasteiger partial charge in [0.1, 0.15) is 0 Å². The molecule has 0 unspecified atom stereocenters. The molecule has 7 heteroatoms. The first-order valence-corrected chi connectivity index (χ1v) is 5.98. The number of nitrogens with zero attached hydrogens (tertiary/aromatic N) is 3. The zero-order valence-electron chi connectivity index (χ0n) is 11.0. The number of aromatic nitrogens is 2. The molecule has 1 aromatic carbocycles. The zero-order valence-corrected chi connectivity index (χ0v) is 11.0. The predicted octanol–water partition coefficient (Wildman–Crippen LogP) is 2.60. The third-order valence-electron chi connectivity index (χ3n) is 2.84. The van der Waals surface area contributed by atoms with Crippen molar-refractivity contribution in [1.29, 1.82) is 0 Å². The van der Waals surface area contributed by atoms with Crippen molar-refractivity contribution in [2.45, 2.75) is 19.8 Å². The van der Waals surface area contributed by atoms with Crippen LogP contribution in [0.2, 0.25) is 0 Å². The van der Waals surface area contributed by atoms with Gasteiger partial charge in [0.05, 0.1) is 16.3 Å². The highest BCUT2D eigenvalue weighted by atomic mass is 16.6. The molecule has 1 heterocycles. The van der Waals surface area contributed by atoms with Gasteiger partial charge in [-0.2, -0.15) is 5.10 Å². The van der Waals surface area contributed by atoms with Crippen molar-refractivity contribution in [3.8, 4) is 5.69 Å². The van der Waals surface area contributed by atoms with E-state index in [9.17, 15) is 20.0 Å². The van der Waals surface area contributed by atoms with E-state index >= 15 is 0 Å². The molecule has 0 spiro atoms. The average molecular weight is 275 g/mol. The Balaban J connectivity index is 2.50. The standard InChI is InChI=1S/C13H13N3O4/c1-8(2)11-7-12(13(17)18)15(14-11)9-3-5-10(6-4-9)16(19)20/h3-8H,1-2H3,(H,17,18). The topological polar surface area (TPSA) is 98.3 Å². The molecule has 0 radical (unpaired) electrons. The first-order valence-electron chi connectivity index (χ1n) is 5.98. The smallest absolute Gasteiger partial charge is 0.354 e. The van der Waals surface area contributed by atoms with Crippen molar-refractivity contribution in [2.75, 3.05) is 0 Å². The van der Waals surface area contributed by atoms with Crippen LogP contribution in [0.4, 0.5) is 5.69 Å². The van der Waals surface area contributed by atoms with Gasteiger partial charge in [-0.25, -0.2) is 9.48 Å². The van der Waals surface area contributed by atoms with Gasteiger partial charge in [-0.1, -0.05) is 13.8 Å². The van der Waals surface area contributed by atoms with Crippen molar-refractivity contribution in [2.24, 2.45) is 0 Å². The molecule has 104 valence electrons. The van der Waals surface area contributed by atoms with E-state index < -0.39 is 10.9 Å². The molecule has 0 bridgehead atoms. The summed E-state index contributed by atoms with van der Waals surface area (Å²) in [5.41, 5.74) is 1.10. The molecule has 2 aromatic rings. The minimum atomic E-state index is -1.09. The quantitative estimate of drug-likeness (QED) is 0.683. The third-order valence-corrected chi connectivity index (χ3v) is 2.84. The van der Waals surface area contributed by atoms with Crippen LogP contribution < -0.4 is 0 Å². The van der Waals surface area contributed by atoms with Gasteiger partial charge in [0.2, 0.25) is 0 Å². The Bertz CT molecular complexity index is 659. The molecular weight excluding hydrogens is 262 g/mol. The zero-order chi connectivity index (χ0) is 14.9. The first-order chi connectivity index (χ1) is 9.40. The summed E-state index contributed by atoms with van der Waals surface area (Å²) < 4.78 is 1.28. The van der Waals surface area contributed by atoms with Crippen LogP contribution in [0.25, 0.3) is 5.69 Å². The fraction of sp³-hybridized carbons (Fsp3) is 0.231. The Labute approximate surface area is 114 Å². The number of hydrogen-bond donors (Lipinski definition) is 1. The van der Waals surface area contributed by atoms with Crippen LogP contribution in [-0.4, -0.2) is 25.8 Å². The maximum atomic E-state index is 11.2. The van der Waals surface area contributed by atoms with Gasteiger partial charge >= 0.3 is 5.97 Å². The Morgan fingerprint density at radius 1 is 1.35 bits per heavy atom. The minimum absolute atomic E-state index is 0.0301. The van der Waals surface area contributed by atoms with Crippen LogP contribution in [0.5, 0.6) is 0 Å². The Morgan fingerprint density at radius 3 is 2.40 bits per heavy atom. The Morgan fingerprint density at radius 2 is 1.95 bits per heavy atom.